The van der Waals surface area contributed by atoms with Crippen molar-refractivity contribution in [2.24, 2.45) is 0 Å². The summed E-state index contributed by atoms with van der Waals surface area (Å²) < 4.78 is 0. The third-order valence-electron chi connectivity index (χ3n) is 3.26. The van der Waals surface area contributed by atoms with Crippen LogP contribution in [-0.2, 0) is 17.9 Å². The van der Waals surface area contributed by atoms with Gasteiger partial charge >= 0.3 is 0 Å². The molecule has 1 aromatic carbocycles. The molecule has 1 aromatic heterocycles. The fourth-order valence-corrected chi connectivity index (χ4v) is 2.93. The van der Waals surface area contributed by atoms with Gasteiger partial charge in [-0.1, -0.05) is 30.3 Å². The number of amides is 1. The Morgan fingerprint density at radius 3 is 2.75 bits per heavy atom. The summed E-state index contributed by atoms with van der Waals surface area (Å²) in [5.74, 6) is 0.0994. The highest BCUT2D eigenvalue weighted by Crippen LogP contribution is 2.06. The lowest BCUT2D eigenvalue weighted by Gasteiger charge is -2.13. The van der Waals surface area contributed by atoms with Crippen molar-refractivity contribution in [2.45, 2.75) is 20.0 Å². The number of rotatable bonds is 6. The molecule has 0 saturated heterocycles. The van der Waals surface area contributed by atoms with Crippen LogP contribution in [0.2, 0.25) is 0 Å². The van der Waals surface area contributed by atoms with Crippen molar-refractivity contribution in [1.29, 1.82) is 0 Å². The fourth-order valence-electron chi connectivity index (χ4n) is 2.11. The molecule has 106 valence electrons. The van der Waals surface area contributed by atoms with E-state index in [4.69, 9.17) is 0 Å². The van der Waals surface area contributed by atoms with Gasteiger partial charge in [0.25, 0.3) is 5.91 Å². The Kier molecular flexibility index (Phi) is 5.32. The Labute approximate surface area is 124 Å². The molecule has 1 heterocycles. The summed E-state index contributed by atoms with van der Waals surface area (Å²) in [5, 5.41) is 5.06. The van der Waals surface area contributed by atoms with Gasteiger partial charge in [-0.3, -0.25) is 4.79 Å². The maximum absolute atomic E-state index is 11.9. The Morgan fingerprint density at radius 1 is 1.25 bits per heavy atom. The first kappa shape index (κ1) is 14.8. The Bertz CT molecular complexity index is 551. The molecule has 2 aromatic rings. The minimum Gasteiger partial charge on any atom is -0.347 e. The molecule has 1 atom stereocenters. The molecular weight excluding hydrogens is 268 g/mol. The van der Waals surface area contributed by atoms with Gasteiger partial charge in [-0.25, -0.2) is 0 Å². The van der Waals surface area contributed by atoms with Crippen molar-refractivity contribution in [1.82, 2.24) is 5.32 Å². The molecule has 0 fully saturated rings. The third-order valence-corrected chi connectivity index (χ3v) is 4.13. The highest BCUT2D eigenvalue weighted by Gasteiger charge is 2.11. The SMILES string of the molecule is Cc1ccccc1CNC(=O)C[NH+](C)Cc1cccs1. The van der Waals surface area contributed by atoms with E-state index in [9.17, 15) is 4.79 Å². The van der Waals surface area contributed by atoms with Crippen molar-refractivity contribution < 1.29 is 9.69 Å². The second-order valence-electron chi connectivity index (χ2n) is 5.09. The zero-order valence-corrected chi connectivity index (χ0v) is 12.8. The lowest BCUT2D eigenvalue weighted by Crippen LogP contribution is -3.08. The number of nitrogens with one attached hydrogen (secondary N) is 2. The molecule has 0 aliphatic heterocycles. The molecule has 20 heavy (non-hydrogen) atoms. The molecule has 0 aliphatic carbocycles. The van der Waals surface area contributed by atoms with Gasteiger partial charge in [0.1, 0.15) is 6.54 Å². The minimum atomic E-state index is 0.0994. The van der Waals surface area contributed by atoms with Gasteiger partial charge in [-0.2, -0.15) is 0 Å². The highest BCUT2D eigenvalue weighted by atomic mass is 32.1. The number of carbonyl (C=O) groups excluding carboxylic acids is 1. The maximum Gasteiger partial charge on any atom is 0.275 e. The van der Waals surface area contributed by atoms with Gasteiger partial charge in [0.15, 0.2) is 6.54 Å². The monoisotopic (exact) mass is 289 g/mol. The number of hydrogen-bond acceptors (Lipinski definition) is 2. The molecule has 0 radical (unpaired) electrons. The van der Waals surface area contributed by atoms with E-state index in [1.807, 2.05) is 25.2 Å². The second kappa shape index (κ2) is 7.22. The van der Waals surface area contributed by atoms with Crippen molar-refractivity contribution >= 4 is 17.2 Å². The topological polar surface area (TPSA) is 33.5 Å². The molecule has 4 heteroatoms. The summed E-state index contributed by atoms with van der Waals surface area (Å²) in [4.78, 5) is 14.5. The predicted octanol–water partition coefficient (Wildman–Crippen LogP) is 1.39. The summed E-state index contributed by atoms with van der Waals surface area (Å²) in [7, 11) is 2.05. The minimum absolute atomic E-state index is 0.0994. The molecule has 3 nitrogen and oxygen atoms in total. The van der Waals surface area contributed by atoms with E-state index < -0.39 is 0 Å². The third kappa shape index (κ3) is 4.47. The number of quaternary nitrogens is 1. The van der Waals surface area contributed by atoms with E-state index in [2.05, 4.69) is 35.8 Å². The van der Waals surface area contributed by atoms with Crippen molar-refractivity contribution in [3.05, 3.63) is 57.8 Å². The van der Waals surface area contributed by atoms with Crippen molar-refractivity contribution in [2.75, 3.05) is 13.6 Å². The first-order valence-electron chi connectivity index (χ1n) is 6.80. The van der Waals surface area contributed by atoms with Crippen LogP contribution in [0.3, 0.4) is 0 Å². The van der Waals surface area contributed by atoms with Crippen LogP contribution in [0.1, 0.15) is 16.0 Å². The molecule has 0 saturated carbocycles. The molecular formula is C16H21N2OS+. The van der Waals surface area contributed by atoms with E-state index in [0.29, 0.717) is 13.1 Å². The molecule has 1 amide bonds. The standard InChI is InChI=1S/C16H20N2OS/c1-13-6-3-4-7-14(13)10-17-16(19)12-18(2)11-15-8-5-9-20-15/h3-9H,10-12H2,1-2H3,(H,17,19)/p+1. The van der Waals surface area contributed by atoms with Crippen LogP contribution >= 0.6 is 11.3 Å². The van der Waals surface area contributed by atoms with Gasteiger partial charge in [0.05, 0.1) is 11.9 Å². The summed E-state index contributed by atoms with van der Waals surface area (Å²) in [5.41, 5.74) is 2.39. The zero-order valence-electron chi connectivity index (χ0n) is 12.0. The van der Waals surface area contributed by atoms with Crippen LogP contribution in [0, 0.1) is 6.92 Å². The number of benzene rings is 1. The number of likely N-dealkylation sites (N-methyl/N-ethyl adjacent to an activating group) is 1. The smallest absolute Gasteiger partial charge is 0.275 e. The Hall–Kier alpha value is -1.65. The average molecular weight is 289 g/mol. The lowest BCUT2D eigenvalue weighted by atomic mass is 10.1. The molecule has 0 bridgehead atoms. The molecule has 0 spiro atoms. The Balaban J connectivity index is 1.76. The average Bonchev–Trinajstić information content (AvgIpc) is 2.90. The van der Waals surface area contributed by atoms with Crippen LogP contribution in [-0.4, -0.2) is 19.5 Å². The number of thiophene rings is 1. The predicted molar refractivity (Wildman–Crippen MR) is 82.8 cm³/mol. The Morgan fingerprint density at radius 2 is 2.05 bits per heavy atom. The van der Waals surface area contributed by atoms with Gasteiger partial charge < -0.3 is 10.2 Å². The number of carbonyl (C=O) groups is 1. The second-order valence-corrected chi connectivity index (χ2v) is 6.13. The molecule has 0 aliphatic rings. The summed E-state index contributed by atoms with van der Waals surface area (Å²) in [6.45, 7) is 4.08. The summed E-state index contributed by atoms with van der Waals surface area (Å²) >= 11 is 1.74. The van der Waals surface area contributed by atoms with Gasteiger partial charge in [-0.15, -0.1) is 11.3 Å². The van der Waals surface area contributed by atoms with E-state index in [1.165, 1.54) is 20.9 Å². The first-order valence-corrected chi connectivity index (χ1v) is 7.68. The first-order chi connectivity index (χ1) is 9.65. The van der Waals surface area contributed by atoms with Crippen molar-refractivity contribution in [3.8, 4) is 0 Å². The molecule has 2 rings (SSSR count). The van der Waals surface area contributed by atoms with Gasteiger partial charge in [-0.05, 0) is 29.5 Å². The van der Waals surface area contributed by atoms with Crippen molar-refractivity contribution in [3.63, 3.8) is 0 Å². The van der Waals surface area contributed by atoms with Crippen LogP contribution in [0.5, 0.6) is 0 Å². The van der Waals surface area contributed by atoms with Crippen LogP contribution in [0.15, 0.2) is 41.8 Å². The lowest BCUT2D eigenvalue weighted by molar-refractivity contribution is -0.885. The largest absolute Gasteiger partial charge is 0.347 e. The van der Waals surface area contributed by atoms with Crippen LogP contribution < -0.4 is 10.2 Å². The number of hydrogen-bond donors (Lipinski definition) is 2. The quantitative estimate of drug-likeness (QED) is 0.828. The van der Waals surface area contributed by atoms with Gasteiger partial charge in [0.2, 0.25) is 0 Å². The molecule has 1 unspecified atom stereocenters. The normalized spacial score (nSPS) is 12.1. The maximum atomic E-state index is 11.9. The highest BCUT2D eigenvalue weighted by molar-refractivity contribution is 7.09. The van der Waals surface area contributed by atoms with Crippen LogP contribution in [0.25, 0.3) is 0 Å². The van der Waals surface area contributed by atoms with Crippen LogP contribution in [0.4, 0.5) is 0 Å². The van der Waals surface area contributed by atoms with E-state index in [0.717, 1.165) is 6.54 Å². The van der Waals surface area contributed by atoms with E-state index in [-0.39, 0.29) is 5.91 Å². The fraction of sp³-hybridized carbons (Fsp3) is 0.312. The summed E-state index contributed by atoms with van der Waals surface area (Å²) in [6, 6.07) is 12.3. The van der Waals surface area contributed by atoms with Gasteiger partial charge in [0, 0.05) is 6.54 Å². The summed E-state index contributed by atoms with van der Waals surface area (Å²) in [6.07, 6.45) is 0. The van der Waals surface area contributed by atoms with E-state index in [1.54, 1.807) is 11.3 Å². The molecule has 2 N–H and O–H groups in total. The zero-order chi connectivity index (χ0) is 14.4. The van der Waals surface area contributed by atoms with E-state index >= 15 is 0 Å². The number of aryl methyl sites for hydroxylation is 1.